The Hall–Kier alpha value is -2.39. The molecule has 0 aliphatic carbocycles. The minimum atomic E-state index is -0.758. The highest BCUT2D eigenvalue weighted by atomic mass is 127. The molecule has 11 heteroatoms. The molecule has 36 heavy (non-hydrogen) atoms. The standard InChI is InChI=1S/C25H22I2N2O6S/c1-4-34-18-7-6-14(11-19(18)35-5-2)21-15(24(32)33-3)12-28-25-29(21)23(31)20(36-25)10-13-8-16(26)22(30)17(27)9-13/h6-12,21,30H,4-5H2,1-3H3/b20-10-/t21-/m1/s1. The first-order chi connectivity index (χ1) is 17.3. The van der Waals surface area contributed by atoms with Crippen molar-refractivity contribution in [3.8, 4) is 17.2 Å². The van der Waals surface area contributed by atoms with Crippen LogP contribution in [0.4, 0.5) is 0 Å². The van der Waals surface area contributed by atoms with Gasteiger partial charge in [-0.2, -0.15) is 0 Å². The van der Waals surface area contributed by atoms with Gasteiger partial charge < -0.3 is 19.3 Å². The Morgan fingerprint density at radius 2 is 1.81 bits per heavy atom. The number of benzene rings is 2. The predicted octanol–water partition coefficient (Wildman–Crippen LogP) is 3.73. The van der Waals surface area contributed by atoms with Crippen LogP contribution in [0.1, 0.15) is 31.0 Å². The Balaban J connectivity index is 1.91. The van der Waals surface area contributed by atoms with Gasteiger partial charge in [-0.3, -0.25) is 9.36 Å². The summed E-state index contributed by atoms with van der Waals surface area (Å²) in [6.45, 7) is 4.65. The van der Waals surface area contributed by atoms with E-state index in [9.17, 15) is 14.7 Å². The van der Waals surface area contributed by atoms with Gasteiger partial charge in [0.15, 0.2) is 16.3 Å². The first-order valence-electron chi connectivity index (χ1n) is 11.0. The zero-order valence-corrected chi connectivity index (χ0v) is 24.7. The molecule has 2 heterocycles. The number of ether oxygens (including phenoxy) is 3. The molecule has 2 aromatic carbocycles. The normalized spacial score (nSPS) is 15.1. The van der Waals surface area contributed by atoms with E-state index in [1.165, 1.54) is 29.2 Å². The minimum Gasteiger partial charge on any atom is -0.506 e. The first-order valence-corrected chi connectivity index (χ1v) is 13.9. The van der Waals surface area contributed by atoms with E-state index in [1.807, 2.05) is 19.9 Å². The number of rotatable bonds is 7. The van der Waals surface area contributed by atoms with Crippen molar-refractivity contribution in [3.05, 3.63) is 80.1 Å². The van der Waals surface area contributed by atoms with Crippen LogP contribution in [-0.4, -0.2) is 36.0 Å². The Labute approximate surface area is 238 Å². The van der Waals surface area contributed by atoms with Crippen molar-refractivity contribution in [2.24, 2.45) is 4.99 Å². The molecule has 0 radical (unpaired) electrons. The van der Waals surface area contributed by atoms with Crippen LogP contribution in [0.3, 0.4) is 0 Å². The van der Waals surface area contributed by atoms with Gasteiger partial charge >= 0.3 is 5.97 Å². The molecule has 0 saturated heterocycles. The number of carbonyl (C=O) groups is 1. The fraction of sp³-hybridized carbons (Fsp3) is 0.240. The second-order valence-corrected chi connectivity index (χ2v) is 10.9. The molecule has 1 aromatic heterocycles. The maximum Gasteiger partial charge on any atom is 0.337 e. The number of carbonyl (C=O) groups excluding carboxylic acids is 1. The summed E-state index contributed by atoms with van der Waals surface area (Å²) < 4.78 is 19.8. The highest BCUT2D eigenvalue weighted by Crippen LogP contribution is 2.35. The van der Waals surface area contributed by atoms with E-state index >= 15 is 0 Å². The van der Waals surface area contributed by atoms with Crippen molar-refractivity contribution < 1.29 is 24.1 Å². The van der Waals surface area contributed by atoms with Crippen LogP contribution < -0.4 is 24.4 Å². The molecule has 0 amide bonds. The maximum absolute atomic E-state index is 13.7. The van der Waals surface area contributed by atoms with E-state index in [0.717, 1.165) is 5.56 Å². The lowest BCUT2D eigenvalue weighted by Gasteiger charge is -2.23. The van der Waals surface area contributed by atoms with Crippen LogP contribution in [0.5, 0.6) is 17.2 Å². The fourth-order valence-electron chi connectivity index (χ4n) is 3.81. The van der Waals surface area contributed by atoms with E-state index in [1.54, 1.807) is 30.3 Å². The summed E-state index contributed by atoms with van der Waals surface area (Å²) in [5, 5.41) is 10.1. The third-order valence-corrected chi connectivity index (χ3v) is 7.99. The maximum atomic E-state index is 13.7. The number of aromatic nitrogens is 1. The number of methoxy groups -OCH3 is 1. The predicted molar refractivity (Wildman–Crippen MR) is 153 cm³/mol. The number of esters is 1. The molecule has 1 atom stereocenters. The fourth-order valence-corrected chi connectivity index (χ4v) is 6.59. The molecule has 0 bridgehead atoms. The van der Waals surface area contributed by atoms with Crippen molar-refractivity contribution >= 4 is 68.6 Å². The Kier molecular flexibility index (Phi) is 8.40. The number of nitrogens with zero attached hydrogens (tertiary/aromatic N) is 2. The average molecular weight is 732 g/mol. The molecular formula is C25H22I2N2O6S. The molecule has 8 nitrogen and oxygen atoms in total. The van der Waals surface area contributed by atoms with Gasteiger partial charge in [-0.1, -0.05) is 17.4 Å². The molecule has 0 saturated carbocycles. The number of phenols is 1. The van der Waals surface area contributed by atoms with Crippen molar-refractivity contribution in [3.63, 3.8) is 0 Å². The Morgan fingerprint density at radius 3 is 2.44 bits per heavy atom. The van der Waals surface area contributed by atoms with Gasteiger partial charge in [0.05, 0.1) is 43.6 Å². The van der Waals surface area contributed by atoms with Gasteiger partial charge in [-0.05, 0) is 100 Å². The van der Waals surface area contributed by atoms with Crippen molar-refractivity contribution in [2.75, 3.05) is 20.3 Å². The number of hydrogen-bond donors (Lipinski definition) is 1. The van der Waals surface area contributed by atoms with Crippen molar-refractivity contribution in [2.45, 2.75) is 19.9 Å². The third-order valence-electron chi connectivity index (χ3n) is 5.35. The zero-order chi connectivity index (χ0) is 26.0. The smallest absolute Gasteiger partial charge is 0.337 e. The van der Waals surface area contributed by atoms with E-state index in [0.29, 0.717) is 46.8 Å². The minimum absolute atomic E-state index is 0.207. The van der Waals surface area contributed by atoms with E-state index < -0.39 is 12.0 Å². The molecule has 1 aliphatic rings. The van der Waals surface area contributed by atoms with Gasteiger partial charge in [-0.25, -0.2) is 9.79 Å². The summed E-state index contributed by atoms with van der Waals surface area (Å²) in [4.78, 5) is 31.2. The van der Waals surface area contributed by atoms with E-state index in [-0.39, 0.29) is 16.9 Å². The van der Waals surface area contributed by atoms with Gasteiger partial charge in [0, 0.05) is 6.20 Å². The number of thiazole rings is 1. The number of fused-ring (bicyclic) bond motifs is 1. The lowest BCUT2D eigenvalue weighted by atomic mass is 9.97. The molecule has 1 aliphatic heterocycles. The Bertz CT molecular complexity index is 1520. The van der Waals surface area contributed by atoms with Crippen LogP contribution in [0.25, 0.3) is 6.08 Å². The summed E-state index contributed by atoms with van der Waals surface area (Å²) in [5.41, 5.74) is 1.38. The third kappa shape index (κ3) is 5.18. The number of phenolic OH excluding ortho intramolecular Hbond substituents is 1. The SMILES string of the molecule is CCOc1ccc([C@@H]2C(C(=O)OC)=CN=c3s/c(=C\c4cc(I)c(O)c(I)c4)c(=O)n32)cc1OCC. The quantitative estimate of drug-likeness (QED) is 0.294. The molecule has 3 aromatic rings. The highest BCUT2D eigenvalue weighted by Gasteiger charge is 2.31. The monoisotopic (exact) mass is 732 g/mol. The van der Waals surface area contributed by atoms with Crippen molar-refractivity contribution in [1.29, 1.82) is 0 Å². The van der Waals surface area contributed by atoms with Gasteiger partial charge in [-0.15, -0.1) is 0 Å². The van der Waals surface area contributed by atoms with Crippen molar-refractivity contribution in [1.82, 2.24) is 4.57 Å². The number of aromatic hydroxyl groups is 1. The van der Waals surface area contributed by atoms with Gasteiger partial charge in [0.25, 0.3) is 5.56 Å². The summed E-state index contributed by atoms with van der Waals surface area (Å²) >= 11 is 5.33. The van der Waals surface area contributed by atoms with E-state index in [2.05, 4.69) is 50.2 Å². The molecule has 188 valence electrons. The van der Waals surface area contributed by atoms with Crippen LogP contribution in [0.15, 0.2) is 51.9 Å². The first kappa shape index (κ1) is 26.7. The number of halogens is 2. The molecular weight excluding hydrogens is 710 g/mol. The van der Waals surface area contributed by atoms with Gasteiger partial charge in [0.2, 0.25) is 0 Å². The largest absolute Gasteiger partial charge is 0.506 e. The van der Waals surface area contributed by atoms with Crippen LogP contribution in [0.2, 0.25) is 0 Å². The lowest BCUT2D eigenvalue weighted by molar-refractivity contribution is -0.136. The Morgan fingerprint density at radius 1 is 1.14 bits per heavy atom. The van der Waals surface area contributed by atoms with Crippen LogP contribution >= 0.6 is 56.5 Å². The molecule has 4 rings (SSSR count). The van der Waals surface area contributed by atoms with E-state index in [4.69, 9.17) is 14.2 Å². The molecule has 0 unspecified atom stereocenters. The summed E-state index contributed by atoms with van der Waals surface area (Å²) in [6.07, 6.45) is 3.21. The van der Waals surface area contributed by atoms with Gasteiger partial charge in [0.1, 0.15) is 5.75 Å². The van der Waals surface area contributed by atoms with Crippen LogP contribution in [-0.2, 0) is 9.53 Å². The molecule has 0 fully saturated rings. The lowest BCUT2D eigenvalue weighted by Crippen LogP contribution is -2.39. The number of hydrogen-bond acceptors (Lipinski definition) is 8. The summed E-state index contributed by atoms with van der Waals surface area (Å²) in [7, 11) is 1.29. The second kappa shape index (κ2) is 11.3. The highest BCUT2D eigenvalue weighted by molar-refractivity contribution is 14.1. The topological polar surface area (TPSA) is 99.4 Å². The molecule has 0 spiro atoms. The summed E-state index contributed by atoms with van der Waals surface area (Å²) in [5.74, 6) is 0.731. The summed E-state index contributed by atoms with van der Waals surface area (Å²) in [6, 6.07) is 8.20. The second-order valence-electron chi connectivity index (χ2n) is 7.58. The average Bonchev–Trinajstić information content (AvgIpc) is 3.17. The van der Waals surface area contributed by atoms with Crippen LogP contribution in [0, 0.1) is 7.14 Å². The molecule has 1 N–H and O–H groups in total. The zero-order valence-electron chi connectivity index (χ0n) is 19.6.